The van der Waals surface area contributed by atoms with Crippen LogP contribution in [0.5, 0.6) is 0 Å². The summed E-state index contributed by atoms with van der Waals surface area (Å²) in [6, 6.07) is 0. The summed E-state index contributed by atoms with van der Waals surface area (Å²) < 4.78 is 60.5. The number of aliphatic hydroxyl groups excluding tert-OH is 15. The summed E-state index contributed by atoms with van der Waals surface area (Å²) in [4.78, 5) is 19.9. The molecule has 5 saturated heterocycles. The highest BCUT2D eigenvalue weighted by Gasteiger charge is 2.70. The van der Waals surface area contributed by atoms with Gasteiger partial charge in [-0.2, -0.15) is 0 Å². The third-order valence-electron chi connectivity index (χ3n) is 19.3. The maximum absolute atomic E-state index is 15.2. The molecule has 16 N–H and O–H groups in total. The number of hydrogen-bond donors (Lipinski definition) is 16. The zero-order valence-electron chi connectivity index (χ0n) is 43.5. The first-order valence-electron chi connectivity index (χ1n) is 26.9. The average molecular weight is 1130 g/mol. The molecule has 9 fully saturated rings. The van der Waals surface area contributed by atoms with Gasteiger partial charge in [-0.3, -0.25) is 10.1 Å². The van der Waals surface area contributed by atoms with Gasteiger partial charge in [0.05, 0.1) is 43.5 Å². The molecule has 9 aliphatic rings. The van der Waals surface area contributed by atoms with Crippen LogP contribution in [0.2, 0.25) is 0 Å². The van der Waals surface area contributed by atoms with Crippen molar-refractivity contribution in [3.05, 3.63) is 12.2 Å². The van der Waals surface area contributed by atoms with Crippen molar-refractivity contribution in [2.75, 3.05) is 26.4 Å². The minimum absolute atomic E-state index is 0.0536. The summed E-state index contributed by atoms with van der Waals surface area (Å²) in [5.41, 5.74) is -2.69. The van der Waals surface area contributed by atoms with Crippen LogP contribution in [-0.2, 0) is 57.1 Å². The van der Waals surface area contributed by atoms with Crippen LogP contribution in [0.25, 0.3) is 0 Å². The first-order chi connectivity index (χ1) is 36.9. The highest BCUT2D eigenvalue weighted by molar-refractivity contribution is 5.77. The lowest BCUT2D eigenvalue weighted by atomic mass is 9.41. The Morgan fingerprint density at radius 3 is 1.55 bits per heavy atom. The summed E-state index contributed by atoms with van der Waals surface area (Å²) >= 11 is 0. The molecule has 0 aromatic rings. The lowest BCUT2D eigenvalue weighted by Crippen LogP contribution is -2.67. The summed E-state index contributed by atoms with van der Waals surface area (Å²) in [6.45, 7) is 6.55. The largest absolute Gasteiger partial charge is 0.432 e. The molecule has 28 heteroatoms. The molecule has 5 aliphatic heterocycles. The van der Waals surface area contributed by atoms with E-state index in [9.17, 15) is 81.9 Å². The Morgan fingerprint density at radius 1 is 0.538 bits per heavy atom. The second-order valence-electron chi connectivity index (χ2n) is 23.7. The normalized spacial score (nSPS) is 54.5. The molecule has 2 bridgehead atoms. The molecule has 448 valence electrons. The summed E-state index contributed by atoms with van der Waals surface area (Å²) in [7, 11) is 0. The molecule has 0 amide bonds. The van der Waals surface area contributed by atoms with Crippen LogP contribution in [0.4, 0.5) is 0 Å². The third kappa shape index (κ3) is 10.3. The Labute approximate surface area is 448 Å². The SMILES string of the molecule is C=C1C[C@@]23CCC4[C@](C)(C(=O)OC5OC(CO)C(O)C(OC6OC(CO)C(O)C(O)C6O)C5OC5OC(C)C(O)C(O)C5O)CCC[C@@]4(C)[C@@H]2CC[C@]1(OC1OC(CO)C(O)C(OO)C1OC1OC(CO)C(O)C(O)C1O)C3. The van der Waals surface area contributed by atoms with Gasteiger partial charge in [-0.15, -0.1) is 0 Å². The van der Waals surface area contributed by atoms with Crippen LogP contribution in [0.15, 0.2) is 12.2 Å². The Kier molecular flexibility index (Phi) is 18.2. The van der Waals surface area contributed by atoms with E-state index in [-0.39, 0.29) is 11.8 Å². The minimum Gasteiger partial charge on any atom is -0.432 e. The van der Waals surface area contributed by atoms with E-state index in [1.54, 1.807) is 6.92 Å². The summed E-state index contributed by atoms with van der Waals surface area (Å²) in [6.07, 6.45) is -38.6. The molecular formula is C50H80O28. The monoisotopic (exact) mass is 1130 g/mol. The van der Waals surface area contributed by atoms with Gasteiger partial charge in [-0.05, 0) is 93.5 Å². The van der Waals surface area contributed by atoms with Gasteiger partial charge in [0.25, 0.3) is 0 Å². The zero-order valence-corrected chi connectivity index (χ0v) is 43.5. The first-order valence-corrected chi connectivity index (χ1v) is 26.9. The molecule has 31 atom stereocenters. The molecule has 1 spiro atoms. The lowest BCUT2D eigenvalue weighted by molar-refractivity contribution is -0.415. The van der Waals surface area contributed by atoms with E-state index in [1.807, 2.05) is 0 Å². The molecule has 28 nitrogen and oxygen atoms in total. The molecule has 9 rings (SSSR count). The molecule has 26 unspecified atom stereocenters. The Bertz CT molecular complexity index is 2070. The van der Waals surface area contributed by atoms with E-state index >= 15 is 4.79 Å². The predicted molar refractivity (Wildman–Crippen MR) is 252 cm³/mol. The van der Waals surface area contributed by atoms with Gasteiger partial charge >= 0.3 is 5.97 Å². The van der Waals surface area contributed by atoms with Gasteiger partial charge in [0.1, 0.15) is 104 Å². The Morgan fingerprint density at radius 2 is 1.00 bits per heavy atom. The number of carbonyl (C=O) groups is 1. The van der Waals surface area contributed by atoms with Crippen LogP contribution in [0, 0.1) is 28.1 Å². The Hall–Kier alpha value is -1.83. The maximum atomic E-state index is 15.2. The Balaban J connectivity index is 0.967. The van der Waals surface area contributed by atoms with Crippen molar-refractivity contribution in [1.29, 1.82) is 0 Å². The molecule has 78 heavy (non-hydrogen) atoms. The van der Waals surface area contributed by atoms with Crippen LogP contribution in [-0.4, -0.2) is 273 Å². The molecule has 0 aromatic carbocycles. The smallest absolute Gasteiger partial charge is 0.314 e. The van der Waals surface area contributed by atoms with E-state index in [1.165, 1.54) is 6.92 Å². The van der Waals surface area contributed by atoms with Gasteiger partial charge in [0.15, 0.2) is 37.4 Å². The second kappa shape index (κ2) is 23.3. The quantitative estimate of drug-likeness (QED) is 0.0239. The maximum Gasteiger partial charge on any atom is 0.314 e. The number of hydrogen-bond acceptors (Lipinski definition) is 28. The van der Waals surface area contributed by atoms with E-state index in [2.05, 4.69) is 13.5 Å². The fourth-order valence-electron chi connectivity index (χ4n) is 15.0. The zero-order chi connectivity index (χ0) is 56.7. The van der Waals surface area contributed by atoms with Gasteiger partial charge in [0.2, 0.25) is 6.29 Å². The van der Waals surface area contributed by atoms with E-state index in [4.69, 9.17) is 52.3 Å². The van der Waals surface area contributed by atoms with Crippen molar-refractivity contribution < 1.29 is 139 Å². The second-order valence-corrected chi connectivity index (χ2v) is 23.7. The standard InChI is InChI=1S/C50H80O28/c1-18-12-49-10-6-24-47(3,25(49)7-11-50(18,17-49)77-45-40(38(78-67)30(59)23(16-54)72-45)75-43-36(65)33(62)28(57)21(14-52)70-43)8-5-9-48(24,4)46(66)76-44-39(74-41-34(63)31(60)26(55)19(2)68-41)37(29(58)22(15-53)71-44)73-42-35(64)32(61)27(56)20(13-51)69-42/h19-45,51-65,67H,1,5-17H2,2-4H3/t19?,20?,21?,22?,23?,24?,25-,26?,27?,28?,29?,30?,31?,32?,33?,34?,35?,36?,37?,38?,39?,40?,41?,42?,43?,44?,45?,47+,48+,49+,50-/m0/s1. The van der Waals surface area contributed by atoms with Crippen LogP contribution in [0.1, 0.15) is 78.6 Å². The van der Waals surface area contributed by atoms with E-state index < -0.39 is 208 Å². The summed E-state index contributed by atoms with van der Waals surface area (Å²) in [5.74, 6) is -1.17. The number of ether oxygens (including phenoxy) is 10. The van der Waals surface area contributed by atoms with Crippen LogP contribution >= 0.6 is 0 Å². The van der Waals surface area contributed by atoms with Gasteiger partial charge in [0, 0.05) is 0 Å². The van der Waals surface area contributed by atoms with Crippen molar-refractivity contribution in [3.8, 4) is 0 Å². The fraction of sp³-hybridized carbons (Fsp3) is 0.940. The predicted octanol–water partition coefficient (Wildman–Crippen LogP) is -5.76. The molecule has 4 aliphatic carbocycles. The van der Waals surface area contributed by atoms with Crippen molar-refractivity contribution in [2.24, 2.45) is 28.1 Å². The van der Waals surface area contributed by atoms with Crippen molar-refractivity contribution in [2.45, 2.75) is 238 Å². The van der Waals surface area contributed by atoms with Crippen molar-refractivity contribution >= 4 is 5.97 Å². The van der Waals surface area contributed by atoms with Gasteiger partial charge in [-0.1, -0.05) is 19.9 Å². The molecule has 4 saturated carbocycles. The number of fused-ring (bicyclic) bond motifs is 3. The van der Waals surface area contributed by atoms with Gasteiger partial charge in [-0.25, -0.2) is 4.89 Å². The molecule has 0 radical (unpaired) electrons. The van der Waals surface area contributed by atoms with Crippen LogP contribution in [0.3, 0.4) is 0 Å². The van der Waals surface area contributed by atoms with Crippen molar-refractivity contribution in [1.82, 2.24) is 0 Å². The van der Waals surface area contributed by atoms with E-state index in [0.717, 1.165) is 0 Å². The highest BCUT2D eigenvalue weighted by atomic mass is 17.1. The number of esters is 1. The highest BCUT2D eigenvalue weighted by Crippen LogP contribution is 2.74. The third-order valence-corrected chi connectivity index (χ3v) is 19.3. The average Bonchev–Trinajstić information content (AvgIpc) is 3.85. The topological polar surface area (TPSA) is 442 Å². The fourth-order valence-corrected chi connectivity index (χ4v) is 15.0. The van der Waals surface area contributed by atoms with E-state index in [0.29, 0.717) is 63.4 Å². The number of carbonyl (C=O) groups excluding carboxylic acids is 1. The van der Waals surface area contributed by atoms with Crippen molar-refractivity contribution in [3.63, 3.8) is 0 Å². The minimum atomic E-state index is -2.00. The first kappa shape index (κ1) is 60.8. The molecule has 0 aromatic heterocycles. The van der Waals surface area contributed by atoms with Crippen LogP contribution < -0.4 is 0 Å². The summed E-state index contributed by atoms with van der Waals surface area (Å²) in [5, 5.41) is 170. The number of rotatable bonds is 15. The lowest BCUT2D eigenvalue weighted by Gasteiger charge is -2.64. The molecular weight excluding hydrogens is 1050 g/mol. The molecule has 5 heterocycles. The number of aliphatic hydroxyl groups is 15. The van der Waals surface area contributed by atoms with Gasteiger partial charge < -0.3 is 124 Å².